The van der Waals surface area contributed by atoms with Gasteiger partial charge in [-0.3, -0.25) is 9.59 Å². The smallest absolute Gasteiger partial charge is 0.307 e. The van der Waals surface area contributed by atoms with Crippen LogP contribution in [0.3, 0.4) is 0 Å². The number of aryl methyl sites for hydroxylation is 1. The van der Waals surface area contributed by atoms with Crippen LogP contribution in [0.5, 0.6) is 0 Å². The molecule has 0 saturated carbocycles. The van der Waals surface area contributed by atoms with Gasteiger partial charge < -0.3 is 9.84 Å². The molecule has 1 N–H and O–H groups in total. The van der Waals surface area contributed by atoms with Gasteiger partial charge in [0.15, 0.2) is 0 Å². The molecule has 0 radical (unpaired) electrons. The fourth-order valence-corrected chi connectivity index (χ4v) is 2.97. The fourth-order valence-electron chi connectivity index (χ4n) is 2.97. The second-order valence-corrected chi connectivity index (χ2v) is 6.58. The average molecular weight is 290 g/mol. The Labute approximate surface area is 125 Å². The molecule has 1 aromatic carbocycles. The summed E-state index contributed by atoms with van der Waals surface area (Å²) >= 11 is 0. The molecule has 4 nitrogen and oxygen atoms in total. The summed E-state index contributed by atoms with van der Waals surface area (Å²) in [5, 5.41) is 9.50. The van der Waals surface area contributed by atoms with Crippen molar-refractivity contribution in [1.82, 2.24) is 0 Å². The van der Waals surface area contributed by atoms with Crippen molar-refractivity contribution in [2.45, 2.75) is 51.6 Å². The molecule has 0 saturated heterocycles. The molecule has 0 aromatic heterocycles. The minimum Gasteiger partial charge on any atom is -0.481 e. The van der Waals surface area contributed by atoms with Gasteiger partial charge in [0.2, 0.25) is 0 Å². The molecule has 0 spiro atoms. The number of carbonyl (C=O) groups excluding carboxylic acids is 1. The highest BCUT2D eigenvalue weighted by atomic mass is 16.6. The number of hydrogen-bond donors (Lipinski definition) is 1. The molecule has 0 aliphatic heterocycles. The maximum Gasteiger partial charge on any atom is 0.307 e. The van der Waals surface area contributed by atoms with E-state index in [1.54, 1.807) is 20.8 Å². The highest BCUT2D eigenvalue weighted by molar-refractivity contribution is 5.80. The molecule has 0 heterocycles. The van der Waals surface area contributed by atoms with Gasteiger partial charge in [-0.05, 0) is 50.7 Å². The average Bonchev–Trinajstić information content (AvgIpc) is 2.77. The van der Waals surface area contributed by atoms with Crippen LogP contribution in [-0.4, -0.2) is 22.6 Å². The molecule has 1 aliphatic carbocycles. The van der Waals surface area contributed by atoms with Crippen LogP contribution in [0.4, 0.5) is 0 Å². The number of esters is 1. The monoisotopic (exact) mass is 290 g/mol. The van der Waals surface area contributed by atoms with E-state index in [0.717, 1.165) is 18.4 Å². The van der Waals surface area contributed by atoms with Crippen molar-refractivity contribution in [2.75, 3.05) is 0 Å². The Hall–Kier alpha value is -1.84. The van der Waals surface area contributed by atoms with Crippen molar-refractivity contribution < 1.29 is 19.4 Å². The van der Waals surface area contributed by atoms with Gasteiger partial charge in [0.1, 0.15) is 5.60 Å². The van der Waals surface area contributed by atoms with E-state index in [1.807, 2.05) is 24.3 Å². The lowest BCUT2D eigenvalue weighted by Crippen LogP contribution is -2.29. The van der Waals surface area contributed by atoms with Gasteiger partial charge in [-0.25, -0.2) is 0 Å². The molecule has 1 aliphatic rings. The molecule has 1 aromatic rings. The number of benzene rings is 1. The summed E-state index contributed by atoms with van der Waals surface area (Å²) in [5.41, 5.74) is 1.67. The Morgan fingerprint density at radius 1 is 1.33 bits per heavy atom. The standard InChI is InChI=1S/C17H22O4/c1-17(2,3)21-15(18)10-14(16(19)20)13-9-8-11-6-4-5-7-12(11)13/h4-7,13-14H,8-10H2,1-3H3,(H,19,20)/t13-,14-/m1/s1. The number of aliphatic carboxylic acids is 1. The van der Waals surface area contributed by atoms with Gasteiger partial charge in [0.05, 0.1) is 12.3 Å². The SMILES string of the molecule is CC(C)(C)OC(=O)C[C@@H](C(=O)O)[C@@H]1CCc2ccccc21. The van der Waals surface area contributed by atoms with E-state index in [0.29, 0.717) is 0 Å². The van der Waals surface area contributed by atoms with E-state index in [1.165, 1.54) is 5.56 Å². The van der Waals surface area contributed by atoms with E-state index < -0.39 is 23.5 Å². The van der Waals surface area contributed by atoms with Crippen LogP contribution in [-0.2, 0) is 20.7 Å². The molecule has 2 rings (SSSR count). The zero-order valence-electron chi connectivity index (χ0n) is 12.8. The highest BCUT2D eigenvalue weighted by Gasteiger charge is 2.36. The van der Waals surface area contributed by atoms with Crippen LogP contribution in [0.25, 0.3) is 0 Å². The number of hydrogen-bond acceptors (Lipinski definition) is 3. The Bertz CT molecular complexity index is 542. The van der Waals surface area contributed by atoms with Crippen molar-refractivity contribution >= 4 is 11.9 Å². The van der Waals surface area contributed by atoms with Gasteiger partial charge in [-0.15, -0.1) is 0 Å². The molecular weight excluding hydrogens is 268 g/mol. The number of carbonyl (C=O) groups is 2. The Morgan fingerprint density at radius 2 is 2.00 bits per heavy atom. The minimum atomic E-state index is -0.928. The van der Waals surface area contributed by atoms with E-state index in [4.69, 9.17) is 4.74 Å². The van der Waals surface area contributed by atoms with Crippen LogP contribution < -0.4 is 0 Å². The van der Waals surface area contributed by atoms with Crippen LogP contribution in [0.1, 0.15) is 50.7 Å². The molecule has 21 heavy (non-hydrogen) atoms. The first-order valence-corrected chi connectivity index (χ1v) is 7.30. The van der Waals surface area contributed by atoms with Gasteiger partial charge >= 0.3 is 11.9 Å². The number of carboxylic acids is 1. The first-order chi connectivity index (χ1) is 9.78. The topological polar surface area (TPSA) is 63.6 Å². The molecule has 0 amide bonds. The van der Waals surface area contributed by atoms with Crippen molar-refractivity contribution in [1.29, 1.82) is 0 Å². The second kappa shape index (κ2) is 5.88. The first-order valence-electron chi connectivity index (χ1n) is 7.30. The van der Waals surface area contributed by atoms with E-state index >= 15 is 0 Å². The van der Waals surface area contributed by atoms with Gasteiger partial charge in [-0.1, -0.05) is 24.3 Å². The third kappa shape index (κ3) is 3.84. The molecule has 0 unspecified atom stereocenters. The summed E-state index contributed by atoms with van der Waals surface area (Å²) in [6.07, 6.45) is 1.57. The third-order valence-corrected chi connectivity index (χ3v) is 3.79. The number of carboxylic acid groups (broad SMARTS) is 1. The molecular formula is C17H22O4. The first kappa shape index (κ1) is 15.5. The molecule has 2 atom stereocenters. The molecule has 0 bridgehead atoms. The van der Waals surface area contributed by atoms with E-state index in [9.17, 15) is 14.7 Å². The summed E-state index contributed by atoms with van der Waals surface area (Å²) in [5.74, 6) is -2.20. The van der Waals surface area contributed by atoms with Gasteiger partial charge in [-0.2, -0.15) is 0 Å². The van der Waals surface area contributed by atoms with E-state index in [2.05, 4.69) is 0 Å². The summed E-state index contributed by atoms with van der Waals surface area (Å²) < 4.78 is 5.26. The molecule has 4 heteroatoms. The third-order valence-electron chi connectivity index (χ3n) is 3.79. The van der Waals surface area contributed by atoms with Crippen LogP contribution in [0, 0.1) is 5.92 Å². The van der Waals surface area contributed by atoms with Crippen molar-refractivity contribution in [3.63, 3.8) is 0 Å². The lowest BCUT2D eigenvalue weighted by Gasteiger charge is -2.23. The van der Waals surface area contributed by atoms with Crippen molar-refractivity contribution in [3.8, 4) is 0 Å². The summed E-state index contributed by atoms with van der Waals surface area (Å²) in [7, 11) is 0. The highest BCUT2D eigenvalue weighted by Crippen LogP contribution is 2.40. The van der Waals surface area contributed by atoms with Gasteiger partial charge in [0.25, 0.3) is 0 Å². The predicted molar refractivity (Wildman–Crippen MR) is 79.1 cm³/mol. The lowest BCUT2D eigenvalue weighted by molar-refractivity contribution is -0.160. The molecule has 114 valence electrons. The minimum absolute atomic E-state index is 0.0778. The largest absolute Gasteiger partial charge is 0.481 e. The van der Waals surface area contributed by atoms with Crippen LogP contribution in [0.15, 0.2) is 24.3 Å². The number of ether oxygens (including phenoxy) is 1. The quantitative estimate of drug-likeness (QED) is 0.865. The molecule has 0 fully saturated rings. The van der Waals surface area contributed by atoms with E-state index in [-0.39, 0.29) is 12.3 Å². The zero-order chi connectivity index (χ0) is 15.6. The maximum atomic E-state index is 12.0. The van der Waals surface area contributed by atoms with Crippen LogP contribution >= 0.6 is 0 Å². The summed E-state index contributed by atoms with van der Waals surface area (Å²) in [4.78, 5) is 23.5. The number of rotatable bonds is 4. The fraction of sp³-hybridized carbons (Fsp3) is 0.529. The lowest BCUT2D eigenvalue weighted by atomic mass is 9.85. The van der Waals surface area contributed by atoms with Crippen LogP contribution in [0.2, 0.25) is 0 Å². The summed E-state index contributed by atoms with van der Waals surface area (Å²) in [6.45, 7) is 5.35. The van der Waals surface area contributed by atoms with Crippen molar-refractivity contribution in [2.24, 2.45) is 5.92 Å². The summed E-state index contributed by atoms with van der Waals surface area (Å²) in [6, 6.07) is 7.88. The second-order valence-electron chi connectivity index (χ2n) is 6.58. The van der Waals surface area contributed by atoms with Crippen molar-refractivity contribution in [3.05, 3.63) is 35.4 Å². The maximum absolute atomic E-state index is 12.0. The Balaban J connectivity index is 2.14. The zero-order valence-corrected chi connectivity index (χ0v) is 12.8. The Morgan fingerprint density at radius 3 is 2.62 bits per heavy atom. The normalized spacial score (nSPS) is 18.9. The Kier molecular flexibility index (Phi) is 4.35. The predicted octanol–water partition coefficient (Wildman–Crippen LogP) is 3.15. The number of fused-ring (bicyclic) bond motifs is 1. The van der Waals surface area contributed by atoms with Gasteiger partial charge in [0, 0.05) is 0 Å².